The molecule has 1 heterocycles. The maximum atomic E-state index is 12.2. The number of amides is 1. The largest absolute Gasteiger partial charge is 0.455 e. The number of nitrogens with zero attached hydrogens (tertiary/aromatic N) is 1. The van der Waals surface area contributed by atoms with Gasteiger partial charge in [-0.2, -0.15) is 4.72 Å². The molecule has 1 saturated carbocycles. The number of aromatic nitrogens is 1. The smallest absolute Gasteiger partial charge is 0.321 e. The van der Waals surface area contributed by atoms with E-state index in [4.69, 9.17) is 9.26 Å². The van der Waals surface area contributed by atoms with Crippen LogP contribution in [0.25, 0.3) is 0 Å². The molecule has 0 unspecified atom stereocenters. The highest BCUT2D eigenvalue weighted by atomic mass is 32.2. The number of nitrogens with one attached hydrogen (secondary N) is 2. The molecule has 9 nitrogen and oxygen atoms in total. The molecular weight excluding hydrogens is 374 g/mol. The first-order valence-electron chi connectivity index (χ1n) is 8.99. The molecule has 0 aromatic carbocycles. The van der Waals surface area contributed by atoms with E-state index in [1.54, 1.807) is 0 Å². The van der Waals surface area contributed by atoms with E-state index in [1.165, 1.54) is 13.8 Å². The molecule has 10 heteroatoms. The van der Waals surface area contributed by atoms with Crippen molar-refractivity contribution in [3.8, 4) is 0 Å². The minimum atomic E-state index is -3.96. The second-order valence-corrected chi connectivity index (χ2v) is 8.78. The zero-order valence-corrected chi connectivity index (χ0v) is 16.9. The van der Waals surface area contributed by atoms with Crippen molar-refractivity contribution in [2.45, 2.75) is 57.9 Å². The summed E-state index contributed by atoms with van der Waals surface area (Å²) in [5.74, 6) is -0.206. The number of rotatable bonds is 7. The molecule has 0 saturated heterocycles. The van der Waals surface area contributed by atoms with E-state index in [-0.39, 0.29) is 28.3 Å². The first-order chi connectivity index (χ1) is 12.6. The summed E-state index contributed by atoms with van der Waals surface area (Å²) >= 11 is 0. The van der Waals surface area contributed by atoms with Gasteiger partial charge in [0.05, 0.1) is 0 Å². The summed E-state index contributed by atoms with van der Waals surface area (Å²) in [6, 6.07) is 0.0676. The molecule has 152 valence electrons. The van der Waals surface area contributed by atoms with Crippen LogP contribution in [-0.2, 0) is 24.3 Å². The predicted octanol–water partition coefficient (Wildman–Crippen LogP) is 1.05. The standard InChI is InChI=1S/C17H27N3O6S/c1-10-6-5-7-14(11(10)2)19-15(21)9-25-16(22)8-18-27(23,24)17-12(3)20-26-13(17)4/h10-11,14,18H,5-9H2,1-4H3,(H,19,21)/t10-,11+,14-/m1/s1. The van der Waals surface area contributed by atoms with Gasteiger partial charge in [-0.05, 0) is 32.1 Å². The lowest BCUT2D eigenvalue weighted by Gasteiger charge is -2.34. The Kier molecular flexibility index (Phi) is 6.99. The summed E-state index contributed by atoms with van der Waals surface area (Å²) in [4.78, 5) is 23.7. The SMILES string of the molecule is Cc1noc(C)c1S(=O)(=O)NCC(=O)OCC(=O)N[C@@H]1CCC[C@@H](C)[C@@H]1C. The lowest BCUT2D eigenvalue weighted by Crippen LogP contribution is -2.45. The number of carbonyl (C=O) groups is 2. The van der Waals surface area contributed by atoms with Gasteiger partial charge in [-0.25, -0.2) is 8.42 Å². The Hall–Kier alpha value is -1.94. The Morgan fingerprint density at radius 1 is 1.26 bits per heavy atom. The second-order valence-electron chi connectivity index (χ2n) is 7.08. The summed E-state index contributed by atoms with van der Waals surface area (Å²) in [6.07, 6.45) is 3.11. The predicted molar refractivity (Wildman–Crippen MR) is 96.2 cm³/mol. The van der Waals surface area contributed by atoms with E-state index in [1.807, 2.05) is 0 Å². The number of hydrogen-bond donors (Lipinski definition) is 2. The molecule has 27 heavy (non-hydrogen) atoms. The summed E-state index contributed by atoms with van der Waals surface area (Å²) < 4.78 is 36.2. The van der Waals surface area contributed by atoms with Crippen LogP contribution in [0.3, 0.4) is 0 Å². The molecule has 1 amide bonds. The van der Waals surface area contributed by atoms with Crippen LogP contribution in [0.15, 0.2) is 9.42 Å². The molecule has 2 N–H and O–H groups in total. The maximum Gasteiger partial charge on any atom is 0.321 e. The third-order valence-electron chi connectivity index (χ3n) is 5.06. The number of sulfonamides is 1. The van der Waals surface area contributed by atoms with Crippen molar-refractivity contribution in [1.29, 1.82) is 0 Å². The van der Waals surface area contributed by atoms with Gasteiger partial charge in [0, 0.05) is 6.04 Å². The zero-order valence-electron chi connectivity index (χ0n) is 16.1. The molecule has 0 bridgehead atoms. The van der Waals surface area contributed by atoms with Gasteiger partial charge in [0.25, 0.3) is 5.91 Å². The van der Waals surface area contributed by atoms with Gasteiger partial charge >= 0.3 is 5.97 Å². The number of hydrogen-bond acceptors (Lipinski definition) is 7. The van der Waals surface area contributed by atoms with E-state index in [9.17, 15) is 18.0 Å². The van der Waals surface area contributed by atoms with Crippen molar-refractivity contribution in [3.63, 3.8) is 0 Å². The van der Waals surface area contributed by atoms with Crippen molar-refractivity contribution >= 4 is 21.9 Å². The van der Waals surface area contributed by atoms with Gasteiger partial charge in [-0.1, -0.05) is 31.8 Å². The maximum absolute atomic E-state index is 12.2. The van der Waals surface area contributed by atoms with Gasteiger partial charge in [0.1, 0.15) is 17.1 Å². The van der Waals surface area contributed by atoms with Crippen molar-refractivity contribution in [3.05, 3.63) is 11.5 Å². The van der Waals surface area contributed by atoms with E-state index in [0.29, 0.717) is 11.8 Å². The summed E-state index contributed by atoms with van der Waals surface area (Å²) in [5.41, 5.74) is 0.198. The van der Waals surface area contributed by atoms with Gasteiger partial charge in [0.2, 0.25) is 10.0 Å². The van der Waals surface area contributed by atoms with Gasteiger partial charge in [0.15, 0.2) is 12.4 Å². The van der Waals surface area contributed by atoms with E-state index in [2.05, 4.69) is 29.0 Å². The van der Waals surface area contributed by atoms with Gasteiger partial charge < -0.3 is 14.6 Å². The Labute approximate surface area is 159 Å². The molecule has 1 fully saturated rings. The van der Waals surface area contributed by atoms with Crippen LogP contribution in [0.1, 0.15) is 44.6 Å². The lowest BCUT2D eigenvalue weighted by molar-refractivity contribution is -0.147. The Bertz CT molecular complexity index is 769. The quantitative estimate of drug-likeness (QED) is 0.654. The topological polar surface area (TPSA) is 128 Å². The fourth-order valence-electron chi connectivity index (χ4n) is 3.32. The fourth-order valence-corrected chi connectivity index (χ4v) is 4.61. The van der Waals surface area contributed by atoms with Crippen LogP contribution in [0.4, 0.5) is 0 Å². The molecule has 1 aromatic rings. The highest BCUT2D eigenvalue weighted by molar-refractivity contribution is 7.89. The van der Waals surface area contributed by atoms with Crippen molar-refractivity contribution in [2.24, 2.45) is 11.8 Å². The molecule has 3 atom stereocenters. The molecule has 1 aliphatic carbocycles. The molecule has 0 spiro atoms. The first-order valence-corrected chi connectivity index (χ1v) is 10.5. The van der Waals surface area contributed by atoms with E-state index < -0.39 is 29.1 Å². The lowest BCUT2D eigenvalue weighted by atomic mass is 9.78. The summed E-state index contributed by atoms with van der Waals surface area (Å²) in [7, 11) is -3.96. The monoisotopic (exact) mass is 401 g/mol. The molecule has 1 aliphatic rings. The molecular formula is C17H27N3O6S. The normalized spacial score (nSPS) is 23.0. The molecule has 2 rings (SSSR count). The second kappa shape index (κ2) is 8.83. The van der Waals surface area contributed by atoms with Crippen LogP contribution in [0.2, 0.25) is 0 Å². The average molecular weight is 401 g/mol. The molecule has 0 radical (unpaired) electrons. The van der Waals surface area contributed by atoms with Gasteiger partial charge in [-0.3, -0.25) is 9.59 Å². The number of carbonyl (C=O) groups excluding carboxylic acids is 2. The van der Waals surface area contributed by atoms with Crippen molar-refractivity contribution < 1.29 is 27.3 Å². The van der Waals surface area contributed by atoms with Crippen molar-refractivity contribution in [2.75, 3.05) is 13.2 Å². The van der Waals surface area contributed by atoms with E-state index >= 15 is 0 Å². The van der Waals surface area contributed by atoms with Crippen LogP contribution in [0.5, 0.6) is 0 Å². The Morgan fingerprint density at radius 2 is 1.96 bits per heavy atom. The number of ether oxygens (including phenoxy) is 1. The van der Waals surface area contributed by atoms with E-state index in [0.717, 1.165) is 19.3 Å². The Balaban J connectivity index is 1.78. The fraction of sp³-hybridized carbons (Fsp3) is 0.706. The highest BCUT2D eigenvalue weighted by Gasteiger charge is 2.28. The van der Waals surface area contributed by atoms with Crippen LogP contribution in [0, 0.1) is 25.7 Å². The summed E-state index contributed by atoms with van der Waals surface area (Å²) in [6.45, 7) is 6.18. The molecule has 0 aliphatic heterocycles. The van der Waals surface area contributed by atoms with Gasteiger partial charge in [-0.15, -0.1) is 0 Å². The first kappa shape index (κ1) is 21.4. The third-order valence-corrected chi connectivity index (χ3v) is 6.71. The number of aryl methyl sites for hydroxylation is 2. The third kappa shape index (κ3) is 5.52. The average Bonchev–Trinajstić information content (AvgIpc) is 2.94. The zero-order chi connectivity index (χ0) is 20.2. The molecule has 1 aromatic heterocycles. The van der Waals surface area contributed by atoms with Crippen LogP contribution >= 0.6 is 0 Å². The number of esters is 1. The Morgan fingerprint density at radius 3 is 2.59 bits per heavy atom. The minimum Gasteiger partial charge on any atom is -0.455 e. The minimum absolute atomic E-state index is 0.0676. The van der Waals surface area contributed by atoms with Crippen LogP contribution in [-0.4, -0.2) is 44.6 Å². The van der Waals surface area contributed by atoms with Crippen LogP contribution < -0.4 is 10.0 Å². The van der Waals surface area contributed by atoms with Crippen molar-refractivity contribution in [1.82, 2.24) is 15.2 Å². The summed E-state index contributed by atoms with van der Waals surface area (Å²) in [5, 5.41) is 6.46. The highest BCUT2D eigenvalue weighted by Crippen LogP contribution is 2.29.